The topological polar surface area (TPSA) is 25.8 Å². The van der Waals surface area contributed by atoms with Crippen LogP contribution >= 0.6 is 0 Å². The summed E-state index contributed by atoms with van der Waals surface area (Å²) in [5.41, 5.74) is 6.77. The van der Waals surface area contributed by atoms with Crippen LogP contribution in [0.4, 0.5) is 0 Å². The third-order valence-corrected chi connectivity index (χ3v) is 6.15. The Bertz CT molecular complexity index is 806. The van der Waals surface area contributed by atoms with Crippen molar-refractivity contribution in [2.75, 3.05) is 0 Å². The van der Waals surface area contributed by atoms with Gasteiger partial charge in [0, 0.05) is 11.3 Å². The van der Waals surface area contributed by atoms with Crippen LogP contribution in [0.5, 0.6) is 0 Å². The van der Waals surface area contributed by atoms with Crippen molar-refractivity contribution in [3.8, 4) is 0 Å². The Hall–Kier alpha value is -1.70. The van der Waals surface area contributed by atoms with E-state index in [1.54, 1.807) is 5.57 Å². The predicted molar refractivity (Wildman–Crippen MR) is 88.8 cm³/mol. The van der Waals surface area contributed by atoms with E-state index >= 15 is 0 Å². The summed E-state index contributed by atoms with van der Waals surface area (Å²) in [5, 5.41) is 0. The number of benzene rings is 1. The lowest BCUT2D eigenvalue weighted by atomic mass is 9.90. The van der Waals surface area contributed by atoms with Crippen LogP contribution in [0.1, 0.15) is 56.8 Å². The second-order valence-corrected chi connectivity index (χ2v) is 7.26. The number of allylic oxidation sites excluding steroid dienone is 2. The quantitative estimate of drug-likeness (QED) is 0.759. The highest BCUT2D eigenvalue weighted by Crippen LogP contribution is 2.78. The molecule has 1 saturated carbocycles. The molecule has 0 amide bonds. The third-order valence-electron chi connectivity index (χ3n) is 6.15. The van der Waals surface area contributed by atoms with E-state index in [9.17, 15) is 0 Å². The number of hydrogen-bond acceptors (Lipinski definition) is 2. The highest BCUT2D eigenvalue weighted by Gasteiger charge is 2.75. The number of fused-ring (bicyclic) bond motifs is 5. The fourth-order valence-corrected chi connectivity index (χ4v) is 5.45. The Labute approximate surface area is 131 Å². The summed E-state index contributed by atoms with van der Waals surface area (Å²) in [7, 11) is 0. The summed E-state index contributed by atoms with van der Waals surface area (Å²) >= 11 is 0. The van der Waals surface area contributed by atoms with Crippen molar-refractivity contribution in [3.05, 3.63) is 47.3 Å². The molecule has 1 fully saturated rings. The van der Waals surface area contributed by atoms with Crippen molar-refractivity contribution < 1.29 is 0 Å². The third kappa shape index (κ3) is 1.32. The molecule has 0 radical (unpaired) electrons. The van der Waals surface area contributed by atoms with Crippen molar-refractivity contribution in [3.63, 3.8) is 0 Å². The Morgan fingerprint density at radius 2 is 1.82 bits per heavy atom. The summed E-state index contributed by atoms with van der Waals surface area (Å²) in [6.07, 6.45) is 7.58. The van der Waals surface area contributed by atoms with E-state index in [1.165, 1.54) is 37.1 Å². The van der Waals surface area contributed by atoms with Gasteiger partial charge in [0.15, 0.2) is 0 Å². The molecule has 2 aromatic rings. The summed E-state index contributed by atoms with van der Waals surface area (Å²) in [6, 6.07) is 8.36. The molecule has 4 atom stereocenters. The van der Waals surface area contributed by atoms with Gasteiger partial charge in [0.2, 0.25) is 0 Å². The molecule has 2 heteroatoms. The van der Waals surface area contributed by atoms with Crippen LogP contribution in [0.15, 0.2) is 35.9 Å². The minimum atomic E-state index is 0.336. The largest absolute Gasteiger partial charge is 0.249 e. The number of hydrogen-bond donors (Lipinski definition) is 0. The number of aromatic nitrogens is 2. The lowest BCUT2D eigenvalue weighted by molar-refractivity contribution is 0.530. The van der Waals surface area contributed by atoms with Crippen molar-refractivity contribution in [1.82, 2.24) is 9.97 Å². The SMILES string of the molecule is CCCC1=CC2C3C1c1nc4ccccc4nc1C23CCC. The molecule has 1 heterocycles. The van der Waals surface area contributed by atoms with Crippen LogP contribution in [0.3, 0.4) is 0 Å². The van der Waals surface area contributed by atoms with Gasteiger partial charge < -0.3 is 0 Å². The Morgan fingerprint density at radius 3 is 2.55 bits per heavy atom. The van der Waals surface area contributed by atoms with Gasteiger partial charge in [-0.05, 0) is 36.8 Å². The summed E-state index contributed by atoms with van der Waals surface area (Å²) < 4.78 is 0. The minimum absolute atomic E-state index is 0.336. The van der Waals surface area contributed by atoms with Crippen molar-refractivity contribution >= 4 is 11.0 Å². The van der Waals surface area contributed by atoms with Crippen molar-refractivity contribution in [1.29, 1.82) is 0 Å². The van der Waals surface area contributed by atoms with Gasteiger partial charge in [-0.2, -0.15) is 0 Å². The van der Waals surface area contributed by atoms with E-state index < -0.39 is 0 Å². The predicted octanol–water partition coefficient (Wildman–Crippen LogP) is 4.75. The first-order valence-corrected chi connectivity index (χ1v) is 8.79. The second kappa shape index (κ2) is 4.18. The van der Waals surface area contributed by atoms with Crippen LogP contribution in [-0.2, 0) is 5.41 Å². The average molecular weight is 290 g/mol. The average Bonchev–Trinajstić information content (AvgIpc) is 2.87. The fourth-order valence-electron chi connectivity index (χ4n) is 5.45. The van der Waals surface area contributed by atoms with E-state index in [2.05, 4.69) is 44.2 Å². The first-order chi connectivity index (χ1) is 10.8. The molecular weight excluding hydrogens is 268 g/mol. The monoisotopic (exact) mass is 290 g/mol. The van der Waals surface area contributed by atoms with Crippen molar-refractivity contribution in [2.24, 2.45) is 11.8 Å². The zero-order valence-electron chi connectivity index (χ0n) is 13.3. The molecular formula is C20H22N2. The van der Waals surface area contributed by atoms with Crippen LogP contribution in [0, 0.1) is 11.8 Å². The normalized spacial score (nSPS) is 33.7. The molecule has 0 saturated heterocycles. The maximum atomic E-state index is 5.11. The standard InChI is InChI=1S/C20H22N2/c1-3-7-12-11-13-17-16(12)18-19(20(13,17)10-4-2)22-15-9-6-5-8-14(15)21-18/h5-6,8-9,11,13,16-17H,3-4,7,10H2,1-2H3. The van der Waals surface area contributed by atoms with Gasteiger partial charge in [0.25, 0.3) is 0 Å². The van der Waals surface area contributed by atoms with Crippen LogP contribution in [0.25, 0.3) is 11.0 Å². The maximum Gasteiger partial charge on any atom is 0.0890 e. The van der Waals surface area contributed by atoms with Gasteiger partial charge >= 0.3 is 0 Å². The maximum absolute atomic E-state index is 5.11. The van der Waals surface area contributed by atoms with Crippen LogP contribution in [0.2, 0.25) is 0 Å². The number of rotatable bonds is 4. The Morgan fingerprint density at radius 1 is 1.05 bits per heavy atom. The Kier molecular flexibility index (Phi) is 2.44. The fraction of sp³-hybridized carbons (Fsp3) is 0.500. The molecule has 3 aliphatic rings. The highest BCUT2D eigenvalue weighted by atomic mass is 14.9. The summed E-state index contributed by atoms with van der Waals surface area (Å²) in [5.74, 6) is 2.10. The molecule has 0 spiro atoms. The van der Waals surface area contributed by atoms with E-state index in [0.29, 0.717) is 11.3 Å². The zero-order valence-corrected chi connectivity index (χ0v) is 13.3. The lowest BCUT2D eigenvalue weighted by Crippen LogP contribution is -2.12. The molecule has 4 unspecified atom stereocenters. The van der Waals surface area contributed by atoms with Crippen LogP contribution in [-0.4, -0.2) is 9.97 Å². The molecule has 0 N–H and O–H groups in total. The van der Waals surface area contributed by atoms with Gasteiger partial charge in [-0.1, -0.05) is 50.5 Å². The van der Waals surface area contributed by atoms with E-state index in [0.717, 1.165) is 22.9 Å². The first kappa shape index (κ1) is 12.8. The van der Waals surface area contributed by atoms with Gasteiger partial charge in [0.1, 0.15) is 0 Å². The van der Waals surface area contributed by atoms with Crippen LogP contribution < -0.4 is 0 Å². The Balaban J connectivity index is 1.73. The molecule has 1 aromatic heterocycles. The molecule has 3 aliphatic carbocycles. The van der Waals surface area contributed by atoms with E-state index in [1.807, 2.05) is 0 Å². The smallest absolute Gasteiger partial charge is 0.0890 e. The van der Waals surface area contributed by atoms with Gasteiger partial charge in [-0.3, -0.25) is 0 Å². The summed E-state index contributed by atoms with van der Waals surface area (Å²) in [6.45, 7) is 4.59. The minimum Gasteiger partial charge on any atom is -0.249 e. The molecule has 0 aliphatic heterocycles. The number of para-hydroxylation sites is 2. The second-order valence-electron chi connectivity index (χ2n) is 7.26. The highest BCUT2D eigenvalue weighted by molar-refractivity contribution is 5.76. The molecule has 1 aromatic carbocycles. The van der Waals surface area contributed by atoms with E-state index in [-0.39, 0.29) is 0 Å². The molecule has 112 valence electrons. The zero-order chi connectivity index (χ0) is 14.9. The first-order valence-electron chi connectivity index (χ1n) is 8.79. The number of nitrogens with zero attached hydrogens (tertiary/aromatic N) is 2. The van der Waals surface area contributed by atoms with E-state index in [4.69, 9.17) is 9.97 Å². The summed E-state index contributed by atoms with van der Waals surface area (Å²) in [4.78, 5) is 10.2. The van der Waals surface area contributed by atoms with Gasteiger partial charge in [-0.15, -0.1) is 0 Å². The lowest BCUT2D eigenvalue weighted by Gasteiger charge is -2.15. The molecule has 0 bridgehead atoms. The van der Waals surface area contributed by atoms with Gasteiger partial charge in [-0.25, -0.2) is 9.97 Å². The van der Waals surface area contributed by atoms with Gasteiger partial charge in [0.05, 0.1) is 22.4 Å². The molecule has 2 nitrogen and oxygen atoms in total. The molecule has 5 rings (SSSR count). The molecule has 22 heavy (non-hydrogen) atoms. The van der Waals surface area contributed by atoms with Crippen molar-refractivity contribution in [2.45, 2.75) is 50.9 Å².